The SMILES string of the molecule is C.C=C(O)c1ccc(CCC)s1.C[C@H]1C[C@@H](COc2ccc3c(c2)CCCC3)[C@H](O)C1. The molecule has 2 N–H and O–H groups in total. The predicted molar refractivity (Wildman–Crippen MR) is 133 cm³/mol. The lowest BCUT2D eigenvalue weighted by atomic mass is 9.92. The van der Waals surface area contributed by atoms with Crippen LogP contribution >= 0.6 is 11.3 Å². The van der Waals surface area contributed by atoms with Crippen molar-refractivity contribution >= 4 is 17.1 Å². The first-order chi connectivity index (χ1) is 14.5. The van der Waals surface area contributed by atoms with Gasteiger partial charge in [0.25, 0.3) is 0 Å². The smallest absolute Gasteiger partial charge is 0.125 e. The molecule has 2 aromatic rings. The van der Waals surface area contributed by atoms with Gasteiger partial charge in [0.2, 0.25) is 0 Å². The van der Waals surface area contributed by atoms with Gasteiger partial charge in [-0.15, -0.1) is 11.3 Å². The Morgan fingerprint density at radius 1 is 1.13 bits per heavy atom. The first kappa shape index (κ1) is 25.5. The third kappa shape index (κ3) is 7.40. The van der Waals surface area contributed by atoms with Gasteiger partial charge in [0.1, 0.15) is 11.5 Å². The Morgan fingerprint density at radius 3 is 2.48 bits per heavy atom. The third-order valence-corrected chi connectivity index (χ3v) is 7.31. The molecular weight excluding hydrogens is 404 g/mol. The summed E-state index contributed by atoms with van der Waals surface area (Å²) in [5.74, 6) is 2.10. The maximum absolute atomic E-state index is 9.95. The summed E-state index contributed by atoms with van der Waals surface area (Å²) in [7, 11) is 0. The summed E-state index contributed by atoms with van der Waals surface area (Å²) in [6.45, 7) is 8.48. The highest BCUT2D eigenvalue weighted by atomic mass is 32.1. The second kappa shape index (κ2) is 12.3. The zero-order valence-electron chi connectivity index (χ0n) is 18.4. The molecule has 0 saturated heterocycles. The molecule has 1 aromatic heterocycles. The molecule has 1 heterocycles. The number of rotatable bonds is 6. The van der Waals surface area contributed by atoms with Crippen molar-refractivity contribution in [2.75, 3.05) is 6.61 Å². The van der Waals surface area contributed by atoms with E-state index in [1.54, 1.807) is 11.3 Å². The van der Waals surface area contributed by atoms with Crippen molar-refractivity contribution in [3.05, 3.63) is 57.8 Å². The van der Waals surface area contributed by atoms with Crippen LogP contribution in [-0.4, -0.2) is 22.9 Å². The monoisotopic (exact) mass is 444 g/mol. The first-order valence-corrected chi connectivity index (χ1v) is 12.2. The van der Waals surface area contributed by atoms with Crippen LogP contribution < -0.4 is 4.74 Å². The van der Waals surface area contributed by atoms with Crippen LogP contribution in [0.5, 0.6) is 5.75 Å². The number of benzene rings is 1. The van der Waals surface area contributed by atoms with E-state index in [1.165, 1.54) is 41.7 Å². The Kier molecular flexibility index (Phi) is 10.1. The molecule has 4 heteroatoms. The Hall–Kier alpha value is -1.78. The molecule has 2 aliphatic carbocycles. The van der Waals surface area contributed by atoms with Crippen LogP contribution in [0.25, 0.3) is 5.76 Å². The molecule has 0 amide bonds. The van der Waals surface area contributed by atoms with Gasteiger partial charge in [-0.3, -0.25) is 0 Å². The van der Waals surface area contributed by atoms with E-state index >= 15 is 0 Å². The van der Waals surface area contributed by atoms with Crippen molar-refractivity contribution < 1.29 is 14.9 Å². The number of hydrogen-bond donors (Lipinski definition) is 2. The average molecular weight is 445 g/mol. The van der Waals surface area contributed by atoms with Crippen molar-refractivity contribution in [1.82, 2.24) is 0 Å². The lowest BCUT2D eigenvalue weighted by Gasteiger charge is -2.19. The highest BCUT2D eigenvalue weighted by Crippen LogP contribution is 2.32. The van der Waals surface area contributed by atoms with Crippen LogP contribution in [0.15, 0.2) is 36.9 Å². The van der Waals surface area contributed by atoms with Gasteiger partial charge in [0, 0.05) is 10.8 Å². The molecule has 0 radical (unpaired) electrons. The molecule has 172 valence electrons. The highest BCUT2D eigenvalue weighted by molar-refractivity contribution is 7.13. The van der Waals surface area contributed by atoms with Crippen LogP contribution in [0, 0.1) is 11.8 Å². The summed E-state index contributed by atoms with van der Waals surface area (Å²) >= 11 is 1.62. The lowest BCUT2D eigenvalue weighted by Crippen LogP contribution is -2.20. The summed E-state index contributed by atoms with van der Waals surface area (Å²) in [5, 5.41) is 19.0. The Balaban J connectivity index is 0.000000245. The van der Waals surface area contributed by atoms with E-state index < -0.39 is 0 Å². The van der Waals surface area contributed by atoms with Gasteiger partial charge in [-0.1, -0.05) is 40.3 Å². The molecule has 0 bridgehead atoms. The summed E-state index contributed by atoms with van der Waals surface area (Å²) in [4.78, 5) is 2.20. The molecule has 3 atom stereocenters. The number of ether oxygens (including phenoxy) is 1. The van der Waals surface area contributed by atoms with Crippen LogP contribution in [0.2, 0.25) is 0 Å². The standard InChI is InChI=1S/C17H24O2.C9H12OS.CH4/c1-12-8-15(17(18)9-12)11-19-16-7-6-13-4-2-3-5-14(13)10-16;1-3-4-8-5-6-9(11-8)7(2)10;/h6-7,10,12,15,17-18H,2-5,8-9,11H2,1H3;5-6,10H,2-4H2,1H3;1H4/t12-,15-,17+;;/m0../s1. The van der Waals surface area contributed by atoms with Gasteiger partial charge in [-0.25, -0.2) is 0 Å². The number of thiophene rings is 1. The Labute approximate surface area is 192 Å². The number of hydrogen-bond acceptors (Lipinski definition) is 4. The lowest BCUT2D eigenvalue weighted by molar-refractivity contribution is 0.0982. The molecule has 3 nitrogen and oxygen atoms in total. The molecule has 0 spiro atoms. The largest absolute Gasteiger partial charge is 0.507 e. The first-order valence-electron chi connectivity index (χ1n) is 11.4. The quantitative estimate of drug-likeness (QED) is 0.463. The van der Waals surface area contributed by atoms with Gasteiger partial charge in [-0.05, 0) is 86.3 Å². The molecule has 0 unspecified atom stereocenters. The fourth-order valence-corrected chi connectivity index (χ4v) is 5.45. The minimum atomic E-state index is -0.173. The number of aliphatic hydroxyl groups is 2. The number of aryl methyl sites for hydroxylation is 3. The van der Waals surface area contributed by atoms with Gasteiger partial charge in [0.05, 0.1) is 17.6 Å². The van der Waals surface area contributed by atoms with Crippen LogP contribution in [0.1, 0.15) is 74.3 Å². The molecule has 1 fully saturated rings. The second-order valence-electron chi connectivity index (χ2n) is 8.82. The fourth-order valence-electron chi connectivity index (χ4n) is 4.47. The van der Waals surface area contributed by atoms with Crippen molar-refractivity contribution in [3.8, 4) is 5.75 Å². The second-order valence-corrected chi connectivity index (χ2v) is 9.98. The van der Waals surface area contributed by atoms with Gasteiger partial charge in [0.15, 0.2) is 0 Å². The van der Waals surface area contributed by atoms with Crippen LogP contribution in [0.3, 0.4) is 0 Å². The molecule has 4 rings (SSSR count). The van der Waals surface area contributed by atoms with E-state index in [0.29, 0.717) is 18.4 Å². The van der Waals surface area contributed by atoms with E-state index in [0.717, 1.165) is 36.3 Å². The van der Waals surface area contributed by atoms with E-state index in [1.807, 2.05) is 12.1 Å². The van der Waals surface area contributed by atoms with E-state index in [4.69, 9.17) is 9.84 Å². The zero-order valence-corrected chi connectivity index (χ0v) is 19.2. The molecular formula is C27H40O3S. The molecule has 0 aliphatic heterocycles. The molecule has 1 saturated carbocycles. The van der Waals surface area contributed by atoms with Gasteiger partial charge < -0.3 is 14.9 Å². The topological polar surface area (TPSA) is 49.7 Å². The van der Waals surface area contributed by atoms with Crippen molar-refractivity contribution in [2.45, 2.75) is 78.7 Å². The Bertz CT molecular complexity index is 826. The van der Waals surface area contributed by atoms with E-state index in [9.17, 15) is 5.11 Å². The van der Waals surface area contributed by atoms with E-state index in [2.05, 4.69) is 38.6 Å². The van der Waals surface area contributed by atoms with Gasteiger partial charge in [-0.2, -0.15) is 0 Å². The van der Waals surface area contributed by atoms with Crippen LogP contribution in [-0.2, 0) is 19.3 Å². The van der Waals surface area contributed by atoms with Crippen LogP contribution in [0.4, 0.5) is 0 Å². The minimum Gasteiger partial charge on any atom is -0.507 e. The number of aliphatic hydroxyl groups excluding tert-OH is 2. The summed E-state index contributed by atoms with van der Waals surface area (Å²) in [6, 6.07) is 10.5. The molecule has 2 aliphatic rings. The maximum Gasteiger partial charge on any atom is 0.125 e. The third-order valence-electron chi connectivity index (χ3n) is 6.12. The highest BCUT2D eigenvalue weighted by Gasteiger charge is 2.30. The number of fused-ring (bicyclic) bond motifs is 1. The normalized spacial score (nSPS) is 22.0. The minimum absolute atomic E-state index is 0. The Morgan fingerprint density at radius 2 is 1.87 bits per heavy atom. The summed E-state index contributed by atoms with van der Waals surface area (Å²) in [6.07, 6.45) is 9.12. The van der Waals surface area contributed by atoms with Crippen molar-refractivity contribution in [2.24, 2.45) is 11.8 Å². The predicted octanol–water partition coefficient (Wildman–Crippen LogP) is 7.22. The molecule has 31 heavy (non-hydrogen) atoms. The zero-order chi connectivity index (χ0) is 21.5. The average Bonchev–Trinajstić information content (AvgIpc) is 3.33. The molecule has 1 aromatic carbocycles. The van der Waals surface area contributed by atoms with Gasteiger partial charge >= 0.3 is 0 Å². The summed E-state index contributed by atoms with van der Waals surface area (Å²) in [5.41, 5.74) is 2.96. The van der Waals surface area contributed by atoms with Crippen molar-refractivity contribution in [1.29, 1.82) is 0 Å². The maximum atomic E-state index is 9.95. The fraction of sp³-hybridized carbons (Fsp3) is 0.556. The van der Waals surface area contributed by atoms with E-state index in [-0.39, 0.29) is 19.3 Å². The van der Waals surface area contributed by atoms with Crippen molar-refractivity contribution in [3.63, 3.8) is 0 Å². The summed E-state index contributed by atoms with van der Waals surface area (Å²) < 4.78 is 5.91.